The summed E-state index contributed by atoms with van der Waals surface area (Å²) in [6.07, 6.45) is -3.16. The predicted molar refractivity (Wildman–Crippen MR) is 71.0 cm³/mol. The number of ether oxygens (including phenoxy) is 1. The Balaban J connectivity index is 2.51. The summed E-state index contributed by atoms with van der Waals surface area (Å²) < 4.78 is 42.2. The SMILES string of the molecule is COC(=O)c1ncc(Cl)cc1-c1ccc(C(F)(F)F)cc1. The van der Waals surface area contributed by atoms with E-state index in [4.69, 9.17) is 11.6 Å². The van der Waals surface area contributed by atoms with Crippen LogP contribution in [0.15, 0.2) is 36.5 Å². The van der Waals surface area contributed by atoms with Crippen molar-refractivity contribution in [2.24, 2.45) is 0 Å². The molecular weight excluding hydrogens is 307 g/mol. The molecule has 2 aromatic rings. The molecule has 110 valence electrons. The third kappa shape index (κ3) is 3.33. The van der Waals surface area contributed by atoms with Gasteiger partial charge >= 0.3 is 12.1 Å². The fraction of sp³-hybridized carbons (Fsp3) is 0.143. The second-order valence-electron chi connectivity index (χ2n) is 4.12. The molecule has 7 heteroatoms. The van der Waals surface area contributed by atoms with Gasteiger partial charge in [0.25, 0.3) is 0 Å². The van der Waals surface area contributed by atoms with Gasteiger partial charge in [0.1, 0.15) is 0 Å². The first-order valence-electron chi connectivity index (χ1n) is 5.74. The van der Waals surface area contributed by atoms with Crippen LogP contribution in [-0.4, -0.2) is 18.1 Å². The van der Waals surface area contributed by atoms with Crippen LogP contribution in [0.3, 0.4) is 0 Å². The lowest BCUT2D eigenvalue weighted by atomic mass is 10.0. The van der Waals surface area contributed by atoms with Crippen LogP contribution in [0.4, 0.5) is 13.2 Å². The zero-order valence-electron chi connectivity index (χ0n) is 10.7. The van der Waals surface area contributed by atoms with Gasteiger partial charge in [-0.15, -0.1) is 0 Å². The van der Waals surface area contributed by atoms with Gasteiger partial charge in [0, 0.05) is 11.8 Å². The molecule has 0 aliphatic carbocycles. The normalized spacial score (nSPS) is 11.3. The second kappa shape index (κ2) is 5.73. The summed E-state index contributed by atoms with van der Waals surface area (Å²) in [5.74, 6) is -0.693. The number of nitrogens with zero attached hydrogens (tertiary/aromatic N) is 1. The molecule has 3 nitrogen and oxygen atoms in total. The Morgan fingerprint density at radius 3 is 2.38 bits per heavy atom. The lowest BCUT2D eigenvalue weighted by Crippen LogP contribution is -2.07. The number of alkyl halides is 3. The minimum Gasteiger partial charge on any atom is -0.464 e. The van der Waals surface area contributed by atoms with Gasteiger partial charge in [-0.25, -0.2) is 9.78 Å². The second-order valence-corrected chi connectivity index (χ2v) is 4.55. The lowest BCUT2D eigenvalue weighted by molar-refractivity contribution is -0.137. The van der Waals surface area contributed by atoms with Crippen molar-refractivity contribution in [1.82, 2.24) is 4.98 Å². The molecule has 21 heavy (non-hydrogen) atoms. The minimum atomic E-state index is -4.42. The van der Waals surface area contributed by atoms with Gasteiger partial charge in [-0.1, -0.05) is 23.7 Å². The molecule has 0 fully saturated rings. The summed E-state index contributed by atoms with van der Waals surface area (Å²) in [5, 5.41) is 0.262. The van der Waals surface area contributed by atoms with Gasteiger partial charge in [0.05, 0.1) is 17.7 Å². The van der Waals surface area contributed by atoms with Crippen molar-refractivity contribution in [2.75, 3.05) is 7.11 Å². The maximum absolute atomic E-state index is 12.5. The number of rotatable bonds is 2. The van der Waals surface area contributed by atoms with Crippen molar-refractivity contribution in [1.29, 1.82) is 0 Å². The van der Waals surface area contributed by atoms with Crippen molar-refractivity contribution >= 4 is 17.6 Å². The smallest absolute Gasteiger partial charge is 0.416 e. The van der Waals surface area contributed by atoms with Crippen molar-refractivity contribution in [2.45, 2.75) is 6.18 Å². The zero-order chi connectivity index (χ0) is 15.6. The molecule has 0 amide bonds. The van der Waals surface area contributed by atoms with Crippen molar-refractivity contribution in [3.05, 3.63) is 52.8 Å². The van der Waals surface area contributed by atoms with Crippen molar-refractivity contribution in [3.63, 3.8) is 0 Å². The summed E-state index contributed by atoms with van der Waals surface area (Å²) in [6, 6.07) is 5.81. The van der Waals surface area contributed by atoms with Gasteiger partial charge in [-0.3, -0.25) is 0 Å². The third-order valence-corrected chi connectivity index (χ3v) is 2.96. The van der Waals surface area contributed by atoms with E-state index in [1.54, 1.807) is 0 Å². The highest BCUT2D eigenvalue weighted by Crippen LogP contribution is 2.32. The van der Waals surface area contributed by atoms with Crippen LogP contribution in [0, 0.1) is 0 Å². The van der Waals surface area contributed by atoms with E-state index in [1.807, 2.05) is 0 Å². The monoisotopic (exact) mass is 315 g/mol. The summed E-state index contributed by atoms with van der Waals surface area (Å²) in [4.78, 5) is 15.5. The molecule has 0 radical (unpaired) electrons. The molecule has 1 aromatic carbocycles. The fourth-order valence-electron chi connectivity index (χ4n) is 1.76. The Bertz CT molecular complexity index is 669. The van der Waals surface area contributed by atoms with E-state index in [0.717, 1.165) is 12.1 Å². The van der Waals surface area contributed by atoms with Crippen LogP contribution in [0.5, 0.6) is 0 Å². The molecule has 0 saturated carbocycles. The predicted octanol–water partition coefficient (Wildman–Crippen LogP) is 4.21. The molecule has 1 aromatic heterocycles. The lowest BCUT2D eigenvalue weighted by Gasteiger charge is -2.10. The Labute approximate surface area is 123 Å². The number of hydrogen-bond donors (Lipinski definition) is 0. The van der Waals surface area contributed by atoms with Crippen LogP contribution >= 0.6 is 11.6 Å². The maximum Gasteiger partial charge on any atom is 0.416 e. The molecule has 0 aliphatic rings. The highest BCUT2D eigenvalue weighted by molar-refractivity contribution is 6.30. The molecule has 0 N–H and O–H groups in total. The Kier molecular flexibility index (Phi) is 4.18. The maximum atomic E-state index is 12.5. The highest BCUT2D eigenvalue weighted by Gasteiger charge is 2.30. The molecule has 0 atom stereocenters. The summed E-state index contributed by atoms with van der Waals surface area (Å²) >= 11 is 5.82. The number of carbonyl (C=O) groups is 1. The van der Waals surface area contributed by atoms with E-state index in [9.17, 15) is 18.0 Å². The van der Waals surface area contributed by atoms with Crippen LogP contribution in [0.1, 0.15) is 16.1 Å². The number of hydrogen-bond acceptors (Lipinski definition) is 3. The highest BCUT2D eigenvalue weighted by atomic mass is 35.5. The van der Waals surface area contributed by atoms with Gasteiger partial charge in [-0.05, 0) is 23.8 Å². The molecule has 0 bridgehead atoms. The Hall–Kier alpha value is -2.08. The standard InChI is InChI=1S/C14H9ClF3NO2/c1-21-13(20)12-11(6-10(15)7-19-12)8-2-4-9(5-3-8)14(16,17)18/h2-7H,1H3. The van der Waals surface area contributed by atoms with Crippen LogP contribution in [0.25, 0.3) is 11.1 Å². The number of halogens is 4. The van der Waals surface area contributed by atoms with Crippen LogP contribution in [0.2, 0.25) is 5.02 Å². The Morgan fingerprint density at radius 2 is 1.86 bits per heavy atom. The first kappa shape index (κ1) is 15.3. The largest absolute Gasteiger partial charge is 0.464 e. The fourth-order valence-corrected chi connectivity index (χ4v) is 1.92. The zero-order valence-corrected chi connectivity index (χ0v) is 11.5. The van der Waals surface area contributed by atoms with Gasteiger partial charge in [-0.2, -0.15) is 13.2 Å². The number of esters is 1. The average molecular weight is 316 g/mol. The number of methoxy groups -OCH3 is 1. The molecular formula is C14H9ClF3NO2. The van der Waals surface area contributed by atoms with E-state index < -0.39 is 17.7 Å². The molecule has 0 unspecified atom stereocenters. The third-order valence-electron chi connectivity index (χ3n) is 2.76. The topological polar surface area (TPSA) is 39.2 Å². The van der Waals surface area contributed by atoms with E-state index in [0.29, 0.717) is 11.1 Å². The summed E-state index contributed by atoms with van der Waals surface area (Å²) in [5.41, 5.74) is -0.0935. The Morgan fingerprint density at radius 1 is 1.24 bits per heavy atom. The number of benzene rings is 1. The van der Waals surface area contributed by atoms with E-state index in [1.165, 1.54) is 31.5 Å². The van der Waals surface area contributed by atoms with Crippen LogP contribution < -0.4 is 0 Å². The molecule has 1 heterocycles. The quantitative estimate of drug-likeness (QED) is 0.779. The van der Waals surface area contributed by atoms with Gasteiger partial charge in [0.15, 0.2) is 5.69 Å². The van der Waals surface area contributed by atoms with E-state index >= 15 is 0 Å². The summed E-state index contributed by atoms with van der Waals surface area (Å²) in [6.45, 7) is 0. The minimum absolute atomic E-state index is 0.0124. The van der Waals surface area contributed by atoms with Crippen LogP contribution in [-0.2, 0) is 10.9 Å². The molecule has 0 saturated heterocycles. The molecule has 2 rings (SSSR count). The molecule has 0 aliphatic heterocycles. The van der Waals surface area contributed by atoms with Crippen molar-refractivity contribution in [3.8, 4) is 11.1 Å². The van der Waals surface area contributed by atoms with E-state index in [-0.39, 0.29) is 10.7 Å². The first-order chi connectivity index (χ1) is 9.82. The first-order valence-corrected chi connectivity index (χ1v) is 6.12. The van der Waals surface area contributed by atoms with Gasteiger partial charge in [0.2, 0.25) is 0 Å². The van der Waals surface area contributed by atoms with Gasteiger partial charge < -0.3 is 4.74 Å². The van der Waals surface area contributed by atoms with E-state index in [2.05, 4.69) is 9.72 Å². The molecule has 0 spiro atoms. The number of carbonyl (C=O) groups excluding carboxylic acids is 1. The summed E-state index contributed by atoms with van der Waals surface area (Å²) in [7, 11) is 1.19. The van der Waals surface area contributed by atoms with Crippen molar-refractivity contribution < 1.29 is 22.7 Å². The number of aromatic nitrogens is 1. The average Bonchev–Trinajstić information content (AvgIpc) is 2.45. The number of pyridine rings is 1.